The van der Waals surface area contributed by atoms with Gasteiger partial charge in [0.25, 0.3) is 11.1 Å². The number of hydrogen-bond donors (Lipinski definition) is 0. The summed E-state index contributed by atoms with van der Waals surface area (Å²) in [5, 5.41) is 10.8. The van der Waals surface area contributed by atoms with Crippen LogP contribution >= 0.6 is 23.1 Å². The van der Waals surface area contributed by atoms with Gasteiger partial charge in [0.15, 0.2) is 0 Å². The fraction of sp³-hybridized carbons (Fsp3) is 0.211. The first-order valence-corrected chi connectivity index (χ1v) is 10.3. The number of benzene rings is 1. The van der Waals surface area contributed by atoms with E-state index in [2.05, 4.69) is 15.2 Å². The zero-order valence-electron chi connectivity index (χ0n) is 14.8. The fourth-order valence-electron chi connectivity index (χ4n) is 2.50. The van der Waals surface area contributed by atoms with Gasteiger partial charge in [-0.15, -0.1) is 21.5 Å². The molecule has 8 heteroatoms. The first-order valence-electron chi connectivity index (χ1n) is 8.43. The molecule has 0 spiro atoms. The van der Waals surface area contributed by atoms with Crippen LogP contribution in [0, 0.1) is 6.92 Å². The van der Waals surface area contributed by atoms with Crippen LogP contribution in [0.15, 0.2) is 55.8 Å². The van der Waals surface area contributed by atoms with Crippen LogP contribution in [0.5, 0.6) is 5.75 Å². The van der Waals surface area contributed by atoms with E-state index in [0.717, 1.165) is 27.6 Å². The number of thioether (sulfide) groups is 1. The molecule has 27 heavy (non-hydrogen) atoms. The van der Waals surface area contributed by atoms with E-state index >= 15 is 0 Å². The maximum absolute atomic E-state index is 5.80. The highest BCUT2D eigenvalue weighted by atomic mass is 32.2. The van der Waals surface area contributed by atoms with Gasteiger partial charge in [-0.1, -0.05) is 30.0 Å². The third-order valence-corrected chi connectivity index (χ3v) is 5.47. The SMILES string of the molecule is CCOc1ccccc1-c1nnc(SCc2nc(-c3cccs3)oc2C)o1. The van der Waals surface area contributed by atoms with Crippen molar-refractivity contribution in [2.24, 2.45) is 0 Å². The lowest BCUT2D eigenvalue weighted by molar-refractivity contribution is 0.340. The predicted octanol–water partition coefficient (Wildman–Crippen LogP) is 5.45. The molecule has 0 radical (unpaired) electrons. The predicted molar refractivity (Wildman–Crippen MR) is 105 cm³/mol. The minimum Gasteiger partial charge on any atom is -0.493 e. The summed E-state index contributed by atoms with van der Waals surface area (Å²) in [6.45, 7) is 4.43. The minimum absolute atomic E-state index is 0.442. The molecule has 0 bridgehead atoms. The summed E-state index contributed by atoms with van der Waals surface area (Å²) < 4.78 is 17.2. The van der Waals surface area contributed by atoms with Gasteiger partial charge in [0.1, 0.15) is 11.5 Å². The van der Waals surface area contributed by atoms with Crippen LogP contribution in [0.25, 0.3) is 22.2 Å². The molecular formula is C19H17N3O3S2. The second-order valence-electron chi connectivity index (χ2n) is 5.59. The second-order valence-corrected chi connectivity index (χ2v) is 7.46. The Morgan fingerprint density at radius 2 is 1.96 bits per heavy atom. The molecule has 0 unspecified atom stereocenters. The molecule has 3 heterocycles. The molecule has 0 aliphatic carbocycles. The molecule has 0 fully saturated rings. The van der Waals surface area contributed by atoms with Crippen LogP contribution < -0.4 is 4.74 Å². The highest BCUT2D eigenvalue weighted by Crippen LogP contribution is 2.32. The standard InChI is InChI=1S/C19H17N3O3S2/c1-3-23-15-8-5-4-7-13(15)17-21-22-19(25-17)27-11-14-12(2)24-18(20-14)16-9-6-10-26-16/h4-10H,3,11H2,1-2H3. The van der Waals surface area contributed by atoms with E-state index in [0.29, 0.717) is 29.4 Å². The molecule has 138 valence electrons. The van der Waals surface area contributed by atoms with Crippen molar-refractivity contribution in [3.8, 4) is 28.0 Å². The highest BCUT2D eigenvalue weighted by Gasteiger charge is 2.16. The van der Waals surface area contributed by atoms with Crippen LogP contribution in [-0.2, 0) is 5.75 Å². The molecule has 0 aliphatic heterocycles. The van der Waals surface area contributed by atoms with Crippen molar-refractivity contribution >= 4 is 23.1 Å². The Balaban J connectivity index is 1.48. The molecule has 0 amide bonds. The molecular weight excluding hydrogens is 382 g/mol. The van der Waals surface area contributed by atoms with Crippen LogP contribution in [0.1, 0.15) is 18.4 Å². The van der Waals surface area contributed by atoms with Crippen molar-refractivity contribution in [2.45, 2.75) is 24.8 Å². The lowest BCUT2D eigenvalue weighted by Gasteiger charge is -2.05. The van der Waals surface area contributed by atoms with Gasteiger partial charge in [-0.3, -0.25) is 0 Å². The Morgan fingerprint density at radius 1 is 1.07 bits per heavy atom. The van der Waals surface area contributed by atoms with Crippen LogP contribution in [0.4, 0.5) is 0 Å². The first kappa shape index (κ1) is 17.8. The molecule has 0 aliphatic rings. The summed E-state index contributed by atoms with van der Waals surface area (Å²) in [4.78, 5) is 5.60. The Bertz CT molecular complexity index is 1020. The van der Waals surface area contributed by atoms with E-state index in [9.17, 15) is 0 Å². The lowest BCUT2D eigenvalue weighted by atomic mass is 10.2. The average Bonchev–Trinajstić information content (AvgIpc) is 3.42. The van der Waals surface area contributed by atoms with Crippen LogP contribution in [0.3, 0.4) is 0 Å². The molecule has 0 saturated heterocycles. The molecule has 0 atom stereocenters. The third-order valence-electron chi connectivity index (χ3n) is 3.78. The number of hydrogen-bond acceptors (Lipinski definition) is 8. The van der Waals surface area contributed by atoms with Crippen molar-refractivity contribution < 1.29 is 13.6 Å². The molecule has 3 aromatic heterocycles. The molecule has 1 aromatic carbocycles. The van der Waals surface area contributed by atoms with E-state index in [4.69, 9.17) is 13.6 Å². The van der Waals surface area contributed by atoms with E-state index in [1.165, 1.54) is 11.8 Å². The summed E-state index contributed by atoms with van der Waals surface area (Å²) in [6, 6.07) is 11.6. The summed E-state index contributed by atoms with van der Waals surface area (Å²) in [7, 11) is 0. The smallest absolute Gasteiger partial charge is 0.277 e. The number of nitrogens with zero attached hydrogens (tertiary/aromatic N) is 3. The third kappa shape index (κ3) is 3.91. The Kier molecular flexibility index (Phi) is 5.26. The topological polar surface area (TPSA) is 74.2 Å². The van der Waals surface area contributed by atoms with Crippen molar-refractivity contribution in [1.82, 2.24) is 15.2 Å². The lowest BCUT2D eigenvalue weighted by Crippen LogP contribution is -1.93. The fourth-order valence-corrected chi connectivity index (χ4v) is 3.91. The number of oxazole rings is 1. The quantitative estimate of drug-likeness (QED) is 0.382. The molecule has 6 nitrogen and oxygen atoms in total. The van der Waals surface area contributed by atoms with Crippen molar-refractivity contribution in [3.63, 3.8) is 0 Å². The Hall–Kier alpha value is -2.58. The van der Waals surface area contributed by atoms with Gasteiger partial charge in [-0.2, -0.15) is 0 Å². The van der Waals surface area contributed by atoms with E-state index in [-0.39, 0.29) is 0 Å². The number of aryl methyl sites for hydroxylation is 1. The maximum atomic E-state index is 5.80. The number of aromatic nitrogens is 3. The monoisotopic (exact) mass is 399 g/mol. The minimum atomic E-state index is 0.442. The average molecular weight is 399 g/mol. The summed E-state index contributed by atoms with van der Waals surface area (Å²) >= 11 is 3.04. The normalized spacial score (nSPS) is 11.0. The second kappa shape index (κ2) is 7.98. The maximum Gasteiger partial charge on any atom is 0.277 e. The Labute approximate surface area is 164 Å². The number of ether oxygens (including phenoxy) is 1. The molecule has 0 saturated carbocycles. The van der Waals surface area contributed by atoms with Crippen molar-refractivity contribution in [2.75, 3.05) is 6.61 Å². The van der Waals surface area contributed by atoms with Gasteiger partial charge in [0, 0.05) is 5.75 Å². The zero-order chi connectivity index (χ0) is 18.6. The van der Waals surface area contributed by atoms with E-state index in [1.54, 1.807) is 11.3 Å². The number of thiophene rings is 1. The number of para-hydroxylation sites is 1. The van der Waals surface area contributed by atoms with E-state index in [1.807, 2.05) is 55.6 Å². The summed E-state index contributed by atoms with van der Waals surface area (Å²) in [6.07, 6.45) is 0. The van der Waals surface area contributed by atoms with Gasteiger partial charge in [0.05, 0.1) is 22.7 Å². The zero-order valence-corrected chi connectivity index (χ0v) is 16.5. The molecule has 0 N–H and O–H groups in total. The summed E-state index contributed by atoms with van der Waals surface area (Å²) in [5.74, 6) is 3.21. The number of rotatable bonds is 7. The van der Waals surface area contributed by atoms with Gasteiger partial charge >= 0.3 is 0 Å². The molecule has 4 aromatic rings. The van der Waals surface area contributed by atoms with Gasteiger partial charge in [-0.05, 0) is 37.4 Å². The van der Waals surface area contributed by atoms with Gasteiger partial charge in [-0.25, -0.2) is 4.98 Å². The van der Waals surface area contributed by atoms with Crippen molar-refractivity contribution in [3.05, 3.63) is 53.2 Å². The van der Waals surface area contributed by atoms with Crippen LogP contribution in [-0.4, -0.2) is 21.8 Å². The Morgan fingerprint density at radius 3 is 2.78 bits per heavy atom. The largest absolute Gasteiger partial charge is 0.493 e. The highest BCUT2D eigenvalue weighted by molar-refractivity contribution is 7.98. The van der Waals surface area contributed by atoms with Crippen molar-refractivity contribution in [1.29, 1.82) is 0 Å². The molecule has 4 rings (SSSR count). The summed E-state index contributed by atoms with van der Waals surface area (Å²) in [5.41, 5.74) is 1.66. The van der Waals surface area contributed by atoms with Crippen LogP contribution in [0.2, 0.25) is 0 Å². The van der Waals surface area contributed by atoms with Gasteiger partial charge < -0.3 is 13.6 Å². The van der Waals surface area contributed by atoms with E-state index < -0.39 is 0 Å². The van der Waals surface area contributed by atoms with Gasteiger partial charge in [0.2, 0.25) is 5.89 Å². The first-order chi connectivity index (χ1) is 13.2.